The standard InChI is InChI=1S/C6H6N2O2/c1-4-2-3-7-5(8-4)6(9)10/h2-3H,1H3,(H,9,10)/p-1. The molecule has 1 heterocycles. The van der Waals surface area contributed by atoms with Crippen LogP contribution in [-0.4, -0.2) is 15.9 Å². The maximum absolute atomic E-state index is 10.1. The van der Waals surface area contributed by atoms with E-state index < -0.39 is 5.97 Å². The average molecular weight is 137 g/mol. The zero-order valence-corrected chi connectivity index (χ0v) is 5.37. The van der Waals surface area contributed by atoms with Crippen molar-refractivity contribution in [2.45, 2.75) is 6.92 Å². The van der Waals surface area contributed by atoms with Crippen molar-refractivity contribution >= 4 is 5.97 Å². The first kappa shape index (κ1) is 6.67. The molecule has 0 saturated carbocycles. The van der Waals surface area contributed by atoms with Crippen LogP contribution in [0.1, 0.15) is 16.3 Å². The van der Waals surface area contributed by atoms with Crippen molar-refractivity contribution in [2.75, 3.05) is 0 Å². The number of aromatic carboxylic acids is 1. The molecule has 0 spiro atoms. The summed E-state index contributed by atoms with van der Waals surface area (Å²) in [6.45, 7) is 1.69. The molecule has 0 unspecified atom stereocenters. The van der Waals surface area contributed by atoms with Crippen LogP contribution < -0.4 is 5.11 Å². The summed E-state index contributed by atoms with van der Waals surface area (Å²) in [7, 11) is 0. The Kier molecular flexibility index (Phi) is 1.62. The number of nitrogens with zero attached hydrogens (tertiary/aromatic N) is 2. The Hall–Kier alpha value is -1.45. The van der Waals surface area contributed by atoms with E-state index in [0.717, 1.165) is 0 Å². The number of aryl methyl sites for hydroxylation is 1. The summed E-state index contributed by atoms with van der Waals surface area (Å²) in [5.74, 6) is -1.61. The predicted molar refractivity (Wildman–Crippen MR) is 31.1 cm³/mol. The van der Waals surface area contributed by atoms with E-state index in [1.165, 1.54) is 6.20 Å². The number of hydrogen-bond donors (Lipinski definition) is 0. The number of carboxylic acid groups (broad SMARTS) is 1. The van der Waals surface area contributed by atoms with E-state index in [0.29, 0.717) is 5.69 Å². The lowest BCUT2D eigenvalue weighted by Crippen LogP contribution is -2.25. The molecular formula is C6H5N2O2-. The van der Waals surface area contributed by atoms with Crippen LogP contribution in [0.2, 0.25) is 0 Å². The minimum Gasteiger partial charge on any atom is -0.542 e. The number of aromatic nitrogens is 2. The molecule has 0 aromatic carbocycles. The van der Waals surface area contributed by atoms with E-state index in [-0.39, 0.29) is 5.82 Å². The summed E-state index contributed by atoms with van der Waals surface area (Å²) in [4.78, 5) is 17.2. The fraction of sp³-hybridized carbons (Fsp3) is 0.167. The van der Waals surface area contributed by atoms with Crippen molar-refractivity contribution in [1.82, 2.24) is 9.97 Å². The summed E-state index contributed by atoms with van der Waals surface area (Å²) in [5.41, 5.74) is 0.620. The summed E-state index contributed by atoms with van der Waals surface area (Å²) in [6, 6.07) is 1.62. The first-order valence-corrected chi connectivity index (χ1v) is 2.71. The molecule has 0 atom stereocenters. The Labute approximate surface area is 57.6 Å². The number of carboxylic acids is 1. The van der Waals surface area contributed by atoms with Crippen molar-refractivity contribution in [1.29, 1.82) is 0 Å². The van der Waals surface area contributed by atoms with Gasteiger partial charge in [0, 0.05) is 11.9 Å². The van der Waals surface area contributed by atoms with E-state index in [2.05, 4.69) is 9.97 Å². The maximum atomic E-state index is 10.1. The van der Waals surface area contributed by atoms with Gasteiger partial charge in [0.2, 0.25) is 0 Å². The molecule has 0 aliphatic rings. The Bertz CT molecular complexity index is 260. The molecule has 0 amide bonds. The normalized spacial score (nSPS) is 9.30. The van der Waals surface area contributed by atoms with Gasteiger partial charge in [0.15, 0.2) is 5.82 Å². The second-order valence-electron chi connectivity index (χ2n) is 1.81. The van der Waals surface area contributed by atoms with Gasteiger partial charge < -0.3 is 9.90 Å². The van der Waals surface area contributed by atoms with Crippen molar-refractivity contribution < 1.29 is 9.90 Å². The van der Waals surface area contributed by atoms with Crippen LogP contribution in [0.4, 0.5) is 0 Å². The Morgan fingerprint density at radius 1 is 1.70 bits per heavy atom. The minimum atomic E-state index is -1.34. The summed E-state index contributed by atoms with van der Waals surface area (Å²) >= 11 is 0. The van der Waals surface area contributed by atoms with Gasteiger partial charge in [-0.1, -0.05) is 0 Å². The largest absolute Gasteiger partial charge is 0.542 e. The second-order valence-corrected chi connectivity index (χ2v) is 1.81. The molecule has 0 radical (unpaired) electrons. The lowest BCUT2D eigenvalue weighted by molar-refractivity contribution is -0.256. The van der Waals surface area contributed by atoms with Gasteiger partial charge in [-0.2, -0.15) is 0 Å². The topological polar surface area (TPSA) is 65.9 Å². The highest BCUT2D eigenvalue weighted by atomic mass is 16.4. The third-order valence-electron chi connectivity index (χ3n) is 0.977. The molecule has 1 rings (SSSR count). The lowest BCUT2D eigenvalue weighted by atomic mass is 10.4. The zero-order valence-electron chi connectivity index (χ0n) is 5.37. The third kappa shape index (κ3) is 1.28. The Morgan fingerprint density at radius 2 is 2.40 bits per heavy atom. The number of carbonyl (C=O) groups excluding carboxylic acids is 1. The Balaban J connectivity index is 3.07. The molecule has 1 aromatic rings. The molecule has 0 N–H and O–H groups in total. The minimum absolute atomic E-state index is 0.264. The van der Waals surface area contributed by atoms with E-state index in [1.54, 1.807) is 13.0 Å². The molecule has 0 saturated heterocycles. The van der Waals surface area contributed by atoms with E-state index >= 15 is 0 Å². The first-order valence-electron chi connectivity index (χ1n) is 2.71. The molecule has 0 fully saturated rings. The summed E-state index contributed by atoms with van der Waals surface area (Å²) < 4.78 is 0. The monoisotopic (exact) mass is 137 g/mol. The van der Waals surface area contributed by atoms with E-state index in [1.807, 2.05) is 0 Å². The molecule has 4 heteroatoms. The van der Waals surface area contributed by atoms with Gasteiger partial charge in [-0.3, -0.25) is 0 Å². The fourth-order valence-corrected chi connectivity index (χ4v) is 0.547. The molecule has 1 aromatic heterocycles. The van der Waals surface area contributed by atoms with Gasteiger partial charge in [0.1, 0.15) is 5.97 Å². The van der Waals surface area contributed by atoms with Crippen molar-refractivity contribution in [2.24, 2.45) is 0 Å². The molecule has 0 aliphatic heterocycles. The molecule has 52 valence electrons. The van der Waals surface area contributed by atoms with Crippen LogP contribution in [-0.2, 0) is 0 Å². The van der Waals surface area contributed by atoms with Gasteiger partial charge in [0.25, 0.3) is 0 Å². The molecule has 0 bridgehead atoms. The van der Waals surface area contributed by atoms with Crippen LogP contribution >= 0.6 is 0 Å². The number of hydrogen-bond acceptors (Lipinski definition) is 4. The van der Waals surface area contributed by atoms with Gasteiger partial charge >= 0.3 is 0 Å². The third-order valence-corrected chi connectivity index (χ3v) is 0.977. The molecular weight excluding hydrogens is 132 g/mol. The molecule has 4 nitrogen and oxygen atoms in total. The number of carbonyl (C=O) groups is 1. The Morgan fingerprint density at radius 3 is 2.80 bits per heavy atom. The van der Waals surface area contributed by atoms with Gasteiger partial charge in [-0.15, -0.1) is 0 Å². The maximum Gasteiger partial charge on any atom is 0.175 e. The van der Waals surface area contributed by atoms with Gasteiger partial charge in [0.05, 0.1) is 0 Å². The first-order chi connectivity index (χ1) is 4.70. The average Bonchev–Trinajstić information content (AvgIpc) is 1.88. The van der Waals surface area contributed by atoms with Crippen molar-refractivity contribution in [3.05, 3.63) is 23.8 Å². The highest BCUT2D eigenvalue weighted by Crippen LogP contribution is 1.90. The summed E-state index contributed by atoms with van der Waals surface area (Å²) in [5, 5.41) is 10.1. The quantitative estimate of drug-likeness (QED) is 0.505. The highest BCUT2D eigenvalue weighted by Gasteiger charge is 1.94. The predicted octanol–water partition coefficient (Wildman–Crippen LogP) is -0.851. The van der Waals surface area contributed by atoms with Crippen LogP contribution in [0.5, 0.6) is 0 Å². The van der Waals surface area contributed by atoms with Crippen LogP contribution in [0.3, 0.4) is 0 Å². The van der Waals surface area contributed by atoms with Crippen LogP contribution in [0.25, 0.3) is 0 Å². The molecule has 0 aliphatic carbocycles. The van der Waals surface area contributed by atoms with Crippen molar-refractivity contribution in [3.8, 4) is 0 Å². The van der Waals surface area contributed by atoms with Gasteiger partial charge in [-0.05, 0) is 13.0 Å². The summed E-state index contributed by atoms with van der Waals surface area (Å²) in [6.07, 6.45) is 1.38. The zero-order chi connectivity index (χ0) is 7.56. The van der Waals surface area contributed by atoms with Crippen molar-refractivity contribution in [3.63, 3.8) is 0 Å². The van der Waals surface area contributed by atoms with Crippen LogP contribution in [0, 0.1) is 6.92 Å². The lowest BCUT2D eigenvalue weighted by Gasteiger charge is -1.98. The molecule has 10 heavy (non-hydrogen) atoms. The second kappa shape index (κ2) is 2.43. The van der Waals surface area contributed by atoms with Crippen LogP contribution in [0.15, 0.2) is 12.3 Å². The smallest absolute Gasteiger partial charge is 0.175 e. The number of rotatable bonds is 1. The fourth-order valence-electron chi connectivity index (χ4n) is 0.547. The SMILES string of the molecule is Cc1ccnc(C(=O)[O-])n1. The van der Waals surface area contributed by atoms with Gasteiger partial charge in [-0.25, -0.2) is 9.97 Å². The highest BCUT2D eigenvalue weighted by molar-refractivity contribution is 5.80. The van der Waals surface area contributed by atoms with E-state index in [9.17, 15) is 9.90 Å². The van der Waals surface area contributed by atoms with E-state index in [4.69, 9.17) is 0 Å².